The lowest BCUT2D eigenvalue weighted by Gasteiger charge is -2.37. The van der Waals surface area contributed by atoms with Gasteiger partial charge in [0.2, 0.25) is 5.91 Å². The summed E-state index contributed by atoms with van der Waals surface area (Å²) in [5.74, 6) is -0.0329. The summed E-state index contributed by atoms with van der Waals surface area (Å²) >= 11 is 0. The van der Waals surface area contributed by atoms with Crippen LogP contribution in [0.4, 0.5) is 0 Å². The van der Waals surface area contributed by atoms with Gasteiger partial charge in [-0.2, -0.15) is 5.10 Å². The number of carbonyl (C=O) groups excluding carboxylic acids is 1. The van der Waals surface area contributed by atoms with Crippen LogP contribution in [0.25, 0.3) is 5.69 Å². The molecule has 140 valence electrons. The summed E-state index contributed by atoms with van der Waals surface area (Å²) in [7, 11) is 0. The van der Waals surface area contributed by atoms with Crippen molar-refractivity contribution in [2.45, 2.75) is 31.3 Å². The first-order valence-corrected chi connectivity index (χ1v) is 9.18. The molecule has 0 spiro atoms. The van der Waals surface area contributed by atoms with Crippen molar-refractivity contribution >= 4 is 5.91 Å². The second-order valence-electron chi connectivity index (χ2n) is 6.85. The van der Waals surface area contributed by atoms with Crippen molar-refractivity contribution in [3.63, 3.8) is 0 Å². The van der Waals surface area contributed by atoms with Crippen molar-refractivity contribution < 1.29 is 4.79 Å². The molecular formula is C19H23N7O. The molecule has 3 aromatic rings. The van der Waals surface area contributed by atoms with Crippen LogP contribution in [0.1, 0.15) is 31.5 Å². The van der Waals surface area contributed by atoms with Gasteiger partial charge < -0.3 is 10.6 Å². The first kappa shape index (κ1) is 17.4. The number of para-hydroxylation sites is 1. The zero-order chi connectivity index (χ0) is 18.7. The predicted molar refractivity (Wildman–Crippen MR) is 100 cm³/mol. The summed E-state index contributed by atoms with van der Waals surface area (Å²) in [5.41, 5.74) is 0.983. The van der Waals surface area contributed by atoms with Gasteiger partial charge in [-0.15, -0.1) is 5.10 Å². The van der Waals surface area contributed by atoms with Crippen LogP contribution in [0, 0.1) is 0 Å². The first-order valence-electron chi connectivity index (χ1n) is 9.18. The number of rotatable bonds is 5. The maximum Gasteiger partial charge on any atom is 0.248 e. The Hall–Kier alpha value is -3.00. The molecule has 8 heteroatoms. The highest BCUT2D eigenvalue weighted by atomic mass is 16.2. The van der Waals surface area contributed by atoms with Crippen LogP contribution in [0.3, 0.4) is 0 Å². The topological polar surface area (TPSA) is 89.7 Å². The second-order valence-corrected chi connectivity index (χ2v) is 6.85. The number of hydrogen-bond acceptors (Lipinski definition) is 5. The molecule has 0 saturated carbocycles. The number of benzene rings is 1. The lowest BCUT2D eigenvalue weighted by Crippen LogP contribution is -2.55. The molecule has 1 unspecified atom stereocenters. The molecule has 2 N–H and O–H groups in total. The smallest absolute Gasteiger partial charge is 0.248 e. The Morgan fingerprint density at radius 3 is 2.70 bits per heavy atom. The third-order valence-electron chi connectivity index (χ3n) is 5.12. The van der Waals surface area contributed by atoms with E-state index in [9.17, 15) is 4.79 Å². The molecule has 1 amide bonds. The zero-order valence-corrected chi connectivity index (χ0v) is 15.2. The van der Waals surface area contributed by atoms with Gasteiger partial charge in [0.05, 0.1) is 17.9 Å². The average Bonchev–Trinajstić information content (AvgIpc) is 3.41. The fourth-order valence-electron chi connectivity index (χ4n) is 3.51. The molecule has 2 aromatic heterocycles. The van der Waals surface area contributed by atoms with Crippen LogP contribution < -0.4 is 10.6 Å². The Labute approximate surface area is 157 Å². The van der Waals surface area contributed by atoms with Gasteiger partial charge in [0.25, 0.3) is 0 Å². The third-order valence-corrected chi connectivity index (χ3v) is 5.12. The summed E-state index contributed by atoms with van der Waals surface area (Å²) in [6.07, 6.45) is 6.82. The summed E-state index contributed by atoms with van der Waals surface area (Å²) in [4.78, 5) is 13.2. The Balaban J connectivity index is 1.52. The molecule has 1 aliphatic rings. The predicted octanol–water partition coefficient (Wildman–Crippen LogP) is 1.42. The van der Waals surface area contributed by atoms with Crippen LogP contribution in [-0.2, 0) is 10.3 Å². The molecule has 0 aliphatic carbocycles. The quantitative estimate of drug-likeness (QED) is 0.714. The molecule has 4 rings (SSSR count). The van der Waals surface area contributed by atoms with Gasteiger partial charge in [-0.3, -0.25) is 9.48 Å². The Morgan fingerprint density at radius 1 is 1.22 bits per heavy atom. The van der Waals surface area contributed by atoms with E-state index >= 15 is 0 Å². The fraction of sp³-hybridized carbons (Fsp3) is 0.368. The first-order chi connectivity index (χ1) is 13.2. The molecule has 8 nitrogen and oxygen atoms in total. The lowest BCUT2D eigenvalue weighted by atomic mass is 9.87. The summed E-state index contributed by atoms with van der Waals surface area (Å²) < 4.78 is 3.50. The molecule has 1 aliphatic heterocycles. The van der Waals surface area contributed by atoms with E-state index in [1.807, 2.05) is 55.7 Å². The van der Waals surface area contributed by atoms with Crippen LogP contribution in [0.2, 0.25) is 0 Å². The largest absolute Gasteiger partial charge is 0.346 e. The minimum atomic E-state index is -0.668. The van der Waals surface area contributed by atoms with Crippen molar-refractivity contribution in [3.05, 3.63) is 60.7 Å². The SMILES string of the molecule is CC(NC(=O)C1(n2cccn2)CCNCC1)c1cn(-c2ccccc2)nn1. The molecule has 0 radical (unpaired) electrons. The molecule has 0 bridgehead atoms. The number of piperidine rings is 1. The van der Waals surface area contributed by atoms with Crippen LogP contribution in [0.5, 0.6) is 0 Å². The lowest BCUT2D eigenvalue weighted by molar-refractivity contribution is -0.132. The average molecular weight is 365 g/mol. The Morgan fingerprint density at radius 2 is 2.00 bits per heavy atom. The maximum atomic E-state index is 13.2. The fourth-order valence-corrected chi connectivity index (χ4v) is 3.51. The summed E-state index contributed by atoms with van der Waals surface area (Å²) in [6.45, 7) is 3.49. The van der Waals surface area contributed by atoms with Crippen LogP contribution in [0.15, 0.2) is 55.0 Å². The molecular weight excluding hydrogens is 342 g/mol. The number of hydrogen-bond donors (Lipinski definition) is 2. The Kier molecular flexibility index (Phi) is 4.72. The van der Waals surface area contributed by atoms with Gasteiger partial charge in [0.15, 0.2) is 0 Å². The second kappa shape index (κ2) is 7.32. The summed E-state index contributed by atoms with van der Waals surface area (Å²) in [5, 5.41) is 19.2. The number of nitrogens with one attached hydrogen (secondary N) is 2. The van der Waals surface area contributed by atoms with Gasteiger partial charge in [0, 0.05) is 12.4 Å². The van der Waals surface area contributed by atoms with E-state index in [2.05, 4.69) is 26.0 Å². The normalized spacial score (nSPS) is 17.4. The van der Waals surface area contributed by atoms with E-state index in [1.165, 1.54) is 0 Å². The van der Waals surface area contributed by atoms with Crippen molar-refractivity contribution in [1.29, 1.82) is 0 Å². The molecule has 3 heterocycles. The number of nitrogens with zero attached hydrogens (tertiary/aromatic N) is 5. The third kappa shape index (κ3) is 3.35. The van der Waals surface area contributed by atoms with Crippen molar-refractivity contribution in [2.75, 3.05) is 13.1 Å². The number of carbonyl (C=O) groups is 1. The Bertz CT molecular complexity index is 882. The van der Waals surface area contributed by atoms with E-state index in [0.29, 0.717) is 12.8 Å². The highest BCUT2D eigenvalue weighted by Crippen LogP contribution is 2.28. The molecule has 1 aromatic carbocycles. The van der Waals surface area contributed by atoms with Gasteiger partial charge in [0.1, 0.15) is 11.2 Å². The van der Waals surface area contributed by atoms with E-state index in [4.69, 9.17) is 0 Å². The van der Waals surface area contributed by atoms with Gasteiger partial charge in [-0.1, -0.05) is 23.4 Å². The van der Waals surface area contributed by atoms with Gasteiger partial charge >= 0.3 is 0 Å². The van der Waals surface area contributed by atoms with Crippen LogP contribution in [-0.4, -0.2) is 43.8 Å². The van der Waals surface area contributed by atoms with Crippen molar-refractivity contribution in [3.8, 4) is 5.69 Å². The van der Waals surface area contributed by atoms with E-state index in [-0.39, 0.29) is 11.9 Å². The van der Waals surface area contributed by atoms with Crippen molar-refractivity contribution in [2.24, 2.45) is 0 Å². The number of amides is 1. The zero-order valence-electron chi connectivity index (χ0n) is 15.2. The molecule has 1 fully saturated rings. The van der Waals surface area contributed by atoms with Gasteiger partial charge in [-0.25, -0.2) is 4.68 Å². The highest BCUT2D eigenvalue weighted by molar-refractivity contribution is 5.84. The monoisotopic (exact) mass is 365 g/mol. The standard InChI is InChI=1S/C19H23N7O/c1-15(17-14-25(24-23-17)16-6-3-2-4-7-16)22-18(27)19(8-11-20-12-9-19)26-13-5-10-21-26/h2-7,10,13-15,20H,8-9,11-12H2,1H3,(H,22,27). The van der Waals surface area contributed by atoms with Crippen molar-refractivity contribution in [1.82, 2.24) is 35.4 Å². The maximum absolute atomic E-state index is 13.2. The van der Waals surface area contributed by atoms with Gasteiger partial charge in [-0.05, 0) is 51.1 Å². The minimum absolute atomic E-state index is 0.0329. The van der Waals surface area contributed by atoms with E-state index in [1.54, 1.807) is 15.6 Å². The summed E-state index contributed by atoms with van der Waals surface area (Å²) in [6, 6.07) is 11.4. The minimum Gasteiger partial charge on any atom is -0.346 e. The molecule has 1 atom stereocenters. The number of aromatic nitrogens is 5. The molecule has 27 heavy (non-hydrogen) atoms. The highest BCUT2D eigenvalue weighted by Gasteiger charge is 2.42. The van der Waals surface area contributed by atoms with E-state index in [0.717, 1.165) is 24.5 Å². The van der Waals surface area contributed by atoms with E-state index < -0.39 is 5.54 Å². The van der Waals surface area contributed by atoms with Crippen LogP contribution >= 0.6 is 0 Å². The molecule has 1 saturated heterocycles.